The summed E-state index contributed by atoms with van der Waals surface area (Å²) in [5.41, 5.74) is -0.723. The Morgan fingerprint density at radius 1 is 1.47 bits per heavy atom. The van der Waals surface area contributed by atoms with Crippen molar-refractivity contribution in [2.75, 3.05) is 18.5 Å². The number of nitrogens with one attached hydrogen (secondary N) is 1. The van der Waals surface area contributed by atoms with Crippen LogP contribution >= 0.6 is 0 Å². The van der Waals surface area contributed by atoms with E-state index in [4.69, 9.17) is 4.74 Å². The van der Waals surface area contributed by atoms with Crippen LogP contribution in [0, 0.1) is 0 Å². The maximum Gasteiger partial charge on any atom is 0.168 e. The fraction of sp³-hybridized carbons (Fsp3) is 0.615. The second-order valence-corrected chi connectivity index (χ2v) is 4.40. The third-order valence-electron chi connectivity index (χ3n) is 2.63. The van der Waals surface area contributed by atoms with Gasteiger partial charge in [-0.05, 0) is 31.9 Å². The monoisotopic (exact) mass is 238 g/mol. The first-order valence-corrected chi connectivity index (χ1v) is 6.13. The molecule has 1 aromatic rings. The standard InChI is InChI=1S/C13H22N2O2/c1-4-9-17-11-7-6-8-14-12(11)15-10-13(3,16)5-2/h6-8,16H,4-5,9-10H2,1-3H3,(H,14,15). The molecule has 1 aromatic heterocycles. The van der Waals surface area contributed by atoms with Crippen molar-refractivity contribution in [3.63, 3.8) is 0 Å². The molecule has 1 unspecified atom stereocenters. The van der Waals surface area contributed by atoms with Gasteiger partial charge in [0.05, 0.1) is 12.2 Å². The van der Waals surface area contributed by atoms with Crippen LogP contribution in [0.1, 0.15) is 33.6 Å². The van der Waals surface area contributed by atoms with E-state index in [9.17, 15) is 5.11 Å². The second kappa shape index (κ2) is 6.45. The zero-order valence-corrected chi connectivity index (χ0v) is 10.9. The number of rotatable bonds is 7. The first-order chi connectivity index (χ1) is 8.09. The molecule has 0 spiro atoms. The molecular weight excluding hydrogens is 216 g/mol. The van der Waals surface area contributed by atoms with Gasteiger partial charge in [-0.2, -0.15) is 0 Å². The molecule has 17 heavy (non-hydrogen) atoms. The van der Waals surface area contributed by atoms with Gasteiger partial charge in [-0.1, -0.05) is 13.8 Å². The van der Waals surface area contributed by atoms with Gasteiger partial charge >= 0.3 is 0 Å². The Hall–Kier alpha value is -1.29. The molecule has 1 rings (SSSR count). The van der Waals surface area contributed by atoms with Gasteiger partial charge in [-0.15, -0.1) is 0 Å². The van der Waals surface area contributed by atoms with Crippen LogP contribution in [-0.4, -0.2) is 28.8 Å². The van der Waals surface area contributed by atoms with Crippen molar-refractivity contribution in [2.45, 2.75) is 39.2 Å². The van der Waals surface area contributed by atoms with Crippen molar-refractivity contribution in [3.05, 3.63) is 18.3 Å². The van der Waals surface area contributed by atoms with Crippen molar-refractivity contribution in [2.24, 2.45) is 0 Å². The highest BCUT2D eigenvalue weighted by Crippen LogP contribution is 2.22. The lowest BCUT2D eigenvalue weighted by molar-refractivity contribution is 0.0696. The fourth-order valence-corrected chi connectivity index (χ4v) is 1.25. The summed E-state index contributed by atoms with van der Waals surface area (Å²) in [7, 11) is 0. The molecular formula is C13H22N2O2. The van der Waals surface area contributed by atoms with Crippen molar-refractivity contribution in [3.8, 4) is 5.75 Å². The van der Waals surface area contributed by atoms with Crippen LogP contribution < -0.4 is 10.1 Å². The number of anilines is 1. The number of hydrogen-bond acceptors (Lipinski definition) is 4. The van der Waals surface area contributed by atoms with Crippen LogP contribution in [-0.2, 0) is 0 Å². The number of pyridine rings is 1. The van der Waals surface area contributed by atoms with Crippen molar-refractivity contribution < 1.29 is 9.84 Å². The molecule has 1 atom stereocenters. The highest BCUT2D eigenvalue weighted by molar-refractivity contribution is 5.49. The van der Waals surface area contributed by atoms with Crippen LogP contribution in [0.3, 0.4) is 0 Å². The molecule has 0 amide bonds. The van der Waals surface area contributed by atoms with Gasteiger partial charge in [0.2, 0.25) is 0 Å². The summed E-state index contributed by atoms with van der Waals surface area (Å²) in [6.07, 6.45) is 3.36. The predicted molar refractivity (Wildman–Crippen MR) is 69.4 cm³/mol. The average Bonchev–Trinajstić information content (AvgIpc) is 2.35. The third-order valence-corrected chi connectivity index (χ3v) is 2.63. The minimum atomic E-state index is -0.723. The summed E-state index contributed by atoms with van der Waals surface area (Å²) < 4.78 is 5.58. The second-order valence-electron chi connectivity index (χ2n) is 4.40. The molecule has 4 heteroatoms. The molecule has 0 radical (unpaired) electrons. The zero-order chi connectivity index (χ0) is 12.7. The average molecular weight is 238 g/mol. The van der Waals surface area contributed by atoms with Gasteiger partial charge in [-0.3, -0.25) is 0 Å². The molecule has 0 aliphatic rings. The molecule has 0 aliphatic heterocycles. The molecule has 0 bridgehead atoms. The highest BCUT2D eigenvalue weighted by Gasteiger charge is 2.18. The van der Waals surface area contributed by atoms with E-state index < -0.39 is 5.60 Å². The van der Waals surface area contributed by atoms with Gasteiger partial charge in [0.1, 0.15) is 0 Å². The number of ether oxygens (including phenoxy) is 1. The van der Waals surface area contributed by atoms with Crippen molar-refractivity contribution in [1.82, 2.24) is 4.98 Å². The number of hydrogen-bond donors (Lipinski definition) is 2. The van der Waals surface area contributed by atoms with E-state index in [2.05, 4.69) is 17.2 Å². The van der Waals surface area contributed by atoms with E-state index in [1.807, 2.05) is 19.1 Å². The summed E-state index contributed by atoms with van der Waals surface area (Å²) in [5, 5.41) is 13.0. The van der Waals surface area contributed by atoms with E-state index in [1.165, 1.54) is 0 Å². The molecule has 4 nitrogen and oxygen atoms in total. The Bertz CT molecular complexity index is 340. The molecule has 2 N–H and O–H groups in total. The Labute approximate surface area is 103 Å². The molecule has 0 aromatic carbocycles. The summed E-state index contributed by atoms with van der Waals surface area (Å²) in [4.78, 5) is 4.22. The molecule has 96 valence electrons. The minimum absolute atomic E-state index is 0.461. The van der Waals surface area contributed by atoms with Gasteiger partial charge < -0.3 is 15.2 Å². The molecule has 1 heterocycles. The van der Waals surface area contributed by atoms with Gasteiger partial charge in [0, 0.05) is 12.7 Å². The molecule has 0 aliphatic carbocycles. The van der Waals surface area contributed by atoms with Crippen LogP contribution in [0.4, 0.5) is 5.82 Å². The Kier molecular flexibility index (Phi) is 5.22. The lowest BCUT2D eigenvalue weighted by Gasteiger charge is -2.22. The summed E-state index contributed by atoms with van der Waals surface area (Å²) >= 11 is 0. The maximum absolute atomic E-state index is 9.92. The molecule has 0 saturated carbocycles. The van der Waals surface area contributed by atoms with E-state index in [0.717, 1.165) is 12.2 Å². The zero-order valence-electron chi connectivity index (χ0n) is 10.9. The largest absolute Gasteiger partial charge is 0.490 e. The van der Waals surface area contributed by atoms with Crippen molar-refractivity contribution >= 4 is 5.82 Å². The highest BCUT2D eigenvalue weighted by atomic mass is 16.5. The van der Waals surface area contributed by atoms with E-state index in [0.29, 0.717) is 25.4 Å². The smallest absolute Gasteiger partial charge is 0.168 e. The number of aliphatic hydroxyl groups is 1. The lowest BCUT2D eigenvalue weighted by atomic mass is 10.0. The SMILES string of the molecule is CCCOc1cccnc1NCC(C)(O)CC. The topological polar surface area (TPSA) is 54.4 Å². The quantitative estimate of drug-likeness (QED) is 0.766. The first kappa shape index (κ1) is 13.8. The Morgan fingerprint density at radius 2 is 2.24 bits per heavy atom. The van der Waals surface area contributed by atoms with Crippen LogP contribution in [0.2, 0.25) is 0 Å². The van der Waals surface area contributed by atoms with Crippen LogP contribution in [0.15, 0.2) is 18.3 Å². The third kappa shape index (κ3) is 4.61. The maximum atomic E-state index is 9.92. The Balaban J connectivity index is 2.63. The summed E-state index contributed by atoms with van der Waals surface area (Å²) in [5.74, 6) is 1.43. The van der Waals surface area contributed by atoms with Crippen LogP contribution in [0.5, 0.6) is 5.75 Å². The minimum Gasteiger partial charge on any atom is -0.490 e. The Morgan fingerprint density at radius 3 is 2.88 bits per heavy atom. The molecule has 0 fully saturated rings. The van der Waals surface area contributed by atoms with E-state index in [1.54, 1.807) is 13.1 Å². The number of nitrogens with zero attached hydrogens (tertiary/aromatic N) is 1. The molecule has 0 saturated heterocycles. The van der Waals surface area contributed by atoms with E-state index in [-0.39, 0.29) is 0 Å². The lowest BCUT2D eigenvalue weighted by Crippen LogP contribution is -2.32. The fourth-order valence-electron chi connectivity index (χ4n) is 1.25. The van der Waals surface area contributed by atoms with E-state index >= 15 is 0 Å². The summed E-state index contributed by atoms with van der Waals surface area (Å²) in [6.45, 7) is 6.95. The normalized spacial score (nSPS) is 14.1. The van der Waals surface area contributed by atoms with Crippen LogP contribution in [0.25, 0.3) is 0 Å². The van der Waals surface area contributed by atoms with Gasteiger partial charge in [0.15, 0.2) is 11.6 Å². The predicted octanol–water partition coefficient (Wildman–Crippen LogP) is 2.44. The first-order valence-electron chi connectivity index (χ1n) is 6.13. The van der Waals surface area contributed by atoms with Crippen molar-refractivity contribution in [1.29, 1.82) is 0 Å². The summed E-state index contributed by atoms with van der Waals surface area (Å²) in [6, 6.07) is 3.72. The van der Waals surface area contributed by atoms with Gasteiger partial charge in [0.25, 0.3) is 0 Å². The number of aromatic nitrogens is 1. The van der Waals surface area contributed by atoms with Gasteiger partial charge in [-0.25, -0.2) is 4.98 Å².